The standard InChI is InChI=1S/2C18H15N4.C2H6Si.2ClH.Zr/c2*1-12-3-5-14(6-4-12)15-9-16-7-13(2)8-17(16)18(10-15)22-20-11-19-21-22;1-3-2;;;/h2*3-11H,1-2H3;1-2H3;2*1H;/q;;;;;+2/p-2. The van der Waals surface area contributed by atoms with Crippen LogP contribution in [0, 0.1) is 13.8 Å². The van der Waals surface area contributed by atoms with Gasteiger partial charge < -0.3 is 24.8 Å². The van der Waals surface area contributed by atoms with Gasteiger partial charge in [-0.05, 0) is 0 Å². The number of fused-ring (bicyclic) bond motifs is 2. The zero-order chi connectivity index (χ0) is 33.1. The minimum absolute atomic E-state index is 0. The quantitative estimate of drug-likeness (QED) is 0.241. The molecule has 2 aromatic heterocycles. The number of hydrogen-bond donors (Lipinski definition) is 0. The van der Waals surface area contributed by atoms with Gasteiger partial charge in [-0.25, -0.2) is 0 Å². The normalized spacial score (nSPS) is 15.5. The van der Waals surface area contributed by atoms with Gasteiger partial charge in [0.2, 0.25) is 0 Å². The summed E-state index contributed by atoms with van der Waals surface area (Å²) < 4.78 is 0.850. The van der Waals surface area contributed by atoms with Crippen LogP contribution >= 0.6 is 0 Å². The average Bonchev–Trinajstić information content (AvgIpc) is 3.90. The topological polar surface area (TPSA) is 87.2 Å². The van der Waals surface area contributed by atoms with Crippen molar-refractivity contribution in [3.05, 3.63) is 130 Å². The molecule has 0 N–H and O–H groups in total. The first-order chi connectivity index (χ1) is 23.3. The molecule has 6 aromatic rings. The molecule has 2 heterocycles. The van der Waals surface area contributed by atoms with Gasteiger partial charge in [-0.2, -0.15) is 0 Å². The fourth-order valence-electron chi connectivity index (χ4n) is 7.51. The molecular formula is C38H36Cl2N8SiZr. The molecule has 8 nitrogen and oxygen atoms in total. The van der Waals surface area contributed by atoms with E-state index in [-0.39, 0.29) is 24.8 Å². The largest absolute Gasteiger partial charge is 1.00 e. The van der Waals surface area contributed by atoms with E-state index in [1.807, 2.05) is 0 Å². The summed E-state index contributed by atoms with van der Waals surface area (Å²) in [4.78, 5) is 3.38. The van der Waals surface area contributed by atoms with E-state index in [0.717, 1.165) is 11.4 Å². The fourth-order valence-corrected chi connectivity index (χ4v) is 28.2. The number of benzene rings is 4. The Morgan fingerprint density at radius 1 is 0.560 bits per heavy atom. The molecule has 2 aliphatic carbocycles. The second kappa shape index (κ2) is 14.4. The van der Waals surface area contributed by atoms with Crippen LogP contribution in [0.3, 0.4) is 0 Å². The number of rotatable bonds is 6. The Labute approximate surface area is 312 Å². The first-order valence-electron chi connectivity index (χ1n) is 16.3. The van der Waals surface area contributed by atoms with Gasteiger partial charge in [0.05, 0.1) is 0 Å². The van der Waals surface area contributed by atoms with E-state index >= 15 is 0 Å². The zero-order valence-electron chi connectivity index (χ0n) is 28.7. The number of aryl methyl sites for hydroxylation is 2. The summed E-state index contributed by atoms with van der Waals surface area (Å²) >= 11 is -2.44. The Hall–Kier alpha value is -3.82. The number of nitrogens with zero attached hydrogens (tertiary/aromatic N) is 8. The van der Waals surface area contributed by atoms with Gasteiger partial charge in [-0.1, -0.05) is 0 Å². The Morgan fingerprint density at radius 3 is 1.30 bits per heavy atom. The van der Waals surface area contributed by atoms with Crippen LogP contribution in [0.4, 0.5) is 0 Å². The molecule has 0 spiro atoms. The first kappa shape index (κ1) is 36.0. The van der Waals surface area contributed by atoms with Crippen molar-refractivity contribution in [1.29, 1.82) is 0 Å². The van der Waals surface area contributed by atoms with Crippen LogP contribution in [0.2, 0.25) is 13.1 Å². The van der Waals surface area contributed by atoms with Crippen LogP contribution in [0.25, 0.3) is 45.8 Å². The molecule has 8 rings (SSSR count). The maximum absolute atomic E-state index is 4.50. The molecule has 250 valence electrons. The zero-order valence-corrected chi connectivity index (χ0v) is 33.7. The molecule has 50 heavy (non-hydrogen) atoms. The third-order valence-corrected chi connectivity index (χ3v) is 29.7. The molecule has 0 fully saturated rings. The van der Waals surface area contributed by atoms with Gasteiger partial charge in [0, 0.05) is 0 Å². The van der Waals surface area contributed by atoms with Crippen molar-refractivity contribution < 1.29 is 45.2 Å². The van der Waals surface area contributed by atoms with Crippen molar-refractivity contribution in [3.63, 3.8) is 0 Å². The predicted octanol–water partition coefficient (Wildman–Crippen LogP) is 2.08. The maximum Gasteiger partial charge on any atom is -1.00 e. The third-order valence-electron chi connectivity index (χ3n) is 9.76. The van der Waals surface area contributed by atoms with Crippen LogP contribution in [0.15, 0.2) is 96.6 Å². The summed E-state index contributed by atoms with van der Waals surface area (Å²) in [6.07, 6.45) is 7.85. The molecule has 0 saturated carbocycles. The van der Waals surface area contributed by atoms with Crippen molar-refractivity contribution in [2.24, 2.45) is 0 Å². The second-order valence-corrected chi connectivity index (χ2v) is 31.1. The van der Waals surface area contributed by atoms with E-state index in [1.165, 1.54) is 79.4 Å². The van der Waals surface area contributed by atoms with Crippen LogP contribution in [-0.2, 0) is 20.4 Å². The summed E-state index contributed by atoms with van der Waals surface area (Å²) in [7, 11) is 0. The molecule has 0 bridgehead atoms. The van der Waals surface area contributed by atoms with Crippen LogP contribution < -0.4 is 24.8 Å². The number of aromatic nitrogens is 8. The van der Waals surface area contributed by atoms with Gasteiger partial charge >= 0.3 is 290 Å². The summed E-state index contributed by atoms with van der Waals surface area (Å²) in [6, 6.07) is 27.0. The molecule has 0 aliphatic heterocycles. The molecule has 2 aliphatic rings. The third kappa shape index (κ3) is 6.32. The van der Waals surface area contributed by atoms with E-state index in [2.05, 4.69) is 157 Å². The Balaban J connectivity index is 0.00000216. The van der Waals surface area contributed by atoms with Gasteiger partial charge in [0.1, 0.15) is 0 Å². The van der Waals surface area contributed by atoms with Crippen LogP contribution in [0.5, 0.6) is 0 Å². The average molecular weight is 795 g/mol. The SMILES string of the molecule is CC1=Cc2c(cc(-c3ccc(C)cc3)cc2-n2ncnn2)[C@@H]1[Zr+2]([C@H]1C(C)=Cc2c1cc(-c1ccc(C)cc1)cc2-n1ncnn1)=[Si](C)C.[Cl-].[Cl-]. The first-order valence-corrected chi connectivity index (χ1v) is 25.3. The van der Waals surface area contributed by atoms with Gasteiger partial charge in [0.15, 0.2) is 0 Å². The Morgan fingerprint density at radius 2 is 0.960 bits per heavy atom. The Kier molecular flexibility index (Phi) is 10.4. The van der Waals surface area contributed by atoms with Crippen molar-refractivity contribution in [1.82, 2.24) is 40.4 Å². The van der Waals surface area contributed by atoms with Crippen molar-refractivity contribution in [2.45, 2.75) is 48.0 Å². The minimum atomic E-state index is -2.44. The predicted molar refractivity (Wildman–Crippen MR) is 189 cm³/mol. The number of hydrogen-bond acceptors (Lipinski definition) is 6. The smallest absolute Gasteiger partial charge is 1.00 e. The van der Waals surface area contributed by atoms with Gasteiger partial charge in [0.25, 0.3) is 0 Å². The van der Waals surface area contributed by atoms with Crippen LogP contribution in [-0.4, -0.2) is 45.8 Å². The maximum atomic E-state index is 4.50. The minimum Gasteiger partial charge on any atom is -1.00 e. The second-order valence-electron chi connectivity index (χ2n) is 13.3. The van der Waals surface area contributed by atoms with Crippen molar-refractivity contribution in [2.75, 3.05) is 0 Å². The molecule has 4 aromatic carbocycles. The molecular weight excluding hydrogens is 759 g/mol. The van der Waals surface area contributed by atoms with E-state index in [1.54, 1.807) is 9.59 Å². The summed E-state index contributed by atoms with van der Waals surface area (Å²) in [5.74, 6) is 0. The molecule has 0 saturated heterocycles. The Bertz CT molecular complexity index is 2140. The molecule has 2 atom stereocenters. The van der Waals surface area contributed by atoms with Gasteiger partial charge in [-0.3, -0.25) is 0 Å². The molecule has 0 amide bonds. The fraction of sp³-hybridized carbons (Fsp3) is 0.211. The summed E-state index contributed by atoms with van der Waals surface area (Å²) in [5, 5.41) is 25.9. The monoisotopic (exact) mass is 792 g/mol. The summed E-state index contributed by atoms with van der Waals surface area (Å²) in [5.41, 5.74) is 16.8. The van der Waals surface area contributed by atoms with E-state index in [0.29, 0.717) is 7.25 Å². The summed E-state index contributed by atoms with van der Waals surface area (Å²) in [6.45, 7) is 14.1. The number of allylic oxidation sites excluding steroid dienone is 2. The number of halogens is 2. The molecule has 0 unspecified atom stereocenters. The van der Waals surface area contributed by atoms with E-state index < -0.39 is 25.8 Å². The van der Waals surface area contributed by atoms with Crippen molar-refractivity contribution >= 4 is 17.6 Å². The van der Waals surface area contributed by atoms with Crippen LogP contribution in [0.1, 0.15) is 54.5 Å². The van der Waals surface area contributed by atoms with E-state index in [9.17, 15) is 0 Å². The number of tetrazole rings is 2. The molecule has 12 heteroatoms. The van der Waals surface area contributed by atoms with Gasteiger partial charge in [-0.15, -0.1) is 0 Å². The molecule has 0 radical (unpaired) electrons. The van der Waals surface area contributed by atoms with E-state index in [4.69, 9.17) is 0 Å². The van der Waals surface area contributed by atoms with Crippen molar-refractivity contribution in [3.8, 4) is 33.6 Å².